The van der Waals surface area contributed by atoms with Gasteiger partial charge in [0.15, 0.2) is 0 Å². The van der Waals surface area contributed by atoms with E-state index in [1.165, 1.54) is 0 Å². The summed E-state index contributed by atoms with van der Waals surface area (Å²) >= 11 is 0. The summed E-state index contributed by atoms with van der Waals surface area (Å²) in [5.74, 6) is 0.559. The molecule has 0 fully saturated rings. The first-order valence-corrected chi connectivity index (χ1v) is 5.60. The Bertz CT molecular complexity index is 579. The number of ether oxygens (including phenoxy) is 1. The number of rotatable bonds is 2. The van der Waals surface area contributed by atoms with Crippen LogP contribution in [0.1, 0.15) is 5.56 Å². The Labute approximate surface area is 105 Å². The molecule has 18 heavy (non-hydrogen) atoms. The number of pyridine rings is 1. The highest BCUT2D eigenvalue weighted by Crippen LogP contribution is 2.18. The van der Waals surface area contributed by atoms with Crippen LogP contribution in [-0.2, 0) is 4.74 Å². The second-order valence-electron chi connectivity index (χ2n) is 3.72. The topological polar surface area (TPSA) is 37.7 Å². The molecule has 0 N–H and O–H groups in total. The lowest BCUT2D eigenvalue weighted by Gasteiger charge is -2.19. The van der Waals surface area contributed by atoms with E-state index in [1.54, 1.807) is 29.9 Å². The highest BCUT2D eigenvalue weighted by molar-refractivity contribution is 5.95. The van der Waals surface area contributed by atoms with Crippen LogP contribution in [0.2, 0.25) is 0 Å². The zero-order chi connectivity index (χ0) is 12.2. The highest BCUT2D eigenvalue weighted by Gasteiger charge is 2.11. The van der Waals surface area contributed by atoms with Crippen molar-refractivity contribution < 1.29 is 4.74 Å². The third-order valence-corrected chi connectivity index (χ3v) is 2.53. The molecule has 2 aromatic rings. The van der Waals surface area contributed by atoms with Gasteiger partial charge in [0.05, 0.1) is 11.9 Å². The van der Waals surface area contributed by atoms with Crippen LogP contribution in [-0.4, -0.2) is 10.9 Å². The number of benzene rings is 1. The van der Waals surface area contributed by atoms with Crippen LogP contribution in [0.3, 0.4) is 0 Å². The first-order chi connectivity index (χ1) is 8.93. The SMILES string of the molecule is C1=CN(c2ccccc2)N=C(c2ccncc2)O1. The summed E-state index contributed by atoms with van der Waals surface area (Å²) in [5.41, 5.74) is 1.89. The molecule has 2 heterocycles. The van der Waals surface area contributed by atoms with Crippen LogP contribution in [0, 0.1) is 0 Å². The molecule has 88 valence electrons. The van der Waals surface area contributed by atoms with E-state index in [1.807, 2.05) is 42.5 Å². The molecular formula is C14H11N3O. The molecule has 3 rings (SSSR count). The van der Waals surface area contributed by atoms with Crippen molar-refractivity contribution >= 4 is 11.6 Å². The fourth-order valence-electron chi connectivity index (χ4n) is 1.65. The van der Waals surface area contributed by atoms with Crippen LogP contribution >= 0.6 is 0 Å². The largest absolute Gasteiger partial charge is 0.443 e. The van der Waals surface area contributed by atoms with Gasteiger partial charge >= 0.3 is 0 Å². The van der Waals surface area contributed by atoms with E-state index in [2.05, 4.69) is 10.1 Å². The van der Waals surface area contributed by atoms with E-state index in [-0.39, 0.29) is 0 Å². The summed E-state index contributed by atoms with van der Waals surface area (Å²) in [7, 11) is 0. The van der Waals surface area contributed by atoms with Crippen molar-refractivity contribution in [2.24, 2.45) is 5.10 Å². The Kier molecular flexibility index (Phi) is 2.75. The average Bonchev–Trinajstić information content (AvgIpc) is 2.49. The van der Waals surface area contributed by atoms with Gasteiger partial charge in [-0.1, -0.05) is 18.2 Å². The molecule has 0 amide bonds. The molecule has 0 spiro atoms. The summed E-state index contributed by atoms with van der Waals surface area (Å²) in [6.07, 6.45) is 6.83. The van der Waals surface area contributed by atoms with Crippen LogP contribution in [0.15, 0.2) is 72.4 Å². The van der Waals surface area contributed by atoms with Gasteiger partial charge in [0.2, 0.25) is 5.90 Å². The summed E-state index contributed by atoms with van der Waals surface area (Å²) in [6.45, 7) is 0. The fourth-order valence-corrected chi connectivity index (χ4v) is 1.65. The van der Waals surface area contributed by atoms with E-state index in [4.69, 9.17) is 4.74 Å². The van der Waals surface area contributed by atoms with Crippen LogP contribution in [0.5, 0.6) is 0 Å². The quantitative estimate of drug-likeness (QED) is 0.806. The lowest BCUT2D eigenvalue weighted by atomic mass is 10.2. The predicted molar refractivity (Wildman–Crippen MR) is 69.9 cm³/mol. The van der Waals surface area contributed by atoms with Crippen molar-refractivity contribution in [3.63, 3.8) is 0 Å². The number of hydrogen-bond acceptors (Lipinski definition) is 4. The van der Waals surface area contributed by atoms with Crippen molar-refractivity contribution in [1.82, 2.24) is 4.98 Å². The Hall–Kier alpha value is -2.62. The summed E-state index contributed by atoms with van der Waals surface area (Å²) in [6, 6.07) is 13.6. The first-order valence-electron chi connectivity index (χ1n) is 5.60. The highest BCUT2D eigenvalue weighted by atomic mass is 16.5. The average molecular weight is 237 g/mol. The predicted octanol–water partition coefficient (Wildman–Crippen LogP) is 2.75. The molecular weight excluding hydrogens is 226 g/mol. The number of aromatic nitrogens is 1. The molecule has 0 saturated heterocycles. The summed E-state index contributed by atoms with van der Waals surface area (Å²) in [5, 5.41) is 6.21. The van der Waals surface area contributed by atoms with Gasteiger partial charge in [-0.15, -0.1) is 5.10 Å². The molecule has 0 saturated carbocycles. The molecule has 0 atom stereocenters. The van der Waals surface area contributed by atoms with Crippen LogP contribution in [0.4, 0.5) is 5.69 Å². The van der Waals surface area contributed by atoms with E-state index >= 15 is 0 Å². The molecule has 0 unspecified atom stereocenters. The molecule has 0 radical (unpaired) electrons. The number of nitrogens with zero attached hydrogens (tertiary/aromatic N) is 3. The lowest BCUT2D eigenvalue weighted by Crippen LogP contribution is -2.18. The normalized spacial score (nSPS) is 14.0. The van der Waals surface area contributed by atoms with Gasteiger partial charge in [0.25, 0.3) is 0 Å². The number of hydrazone groups is 1. The van der Waals surface area contributed by atoms with Gasteiger partial charge in [-0.25, -0.2) is 5.01 Å². The molecule has 1 aromatic heterocycles. The monoisotopic (exact) mass is 237 g/mol. The van der Waals surface area contributed by atoms with Crippen molar-refractivity contribution in [3.05, 3.63) is 72.9 Å². The van der Waals surface area contributed by atoms with Gasteiger partial charge in [-0.2, -0.15) is 0 Å². The van der Waals surface area contributed by atoms with E-state index in [9.17, 15) is 0 Å². The van der Waals surface area contributed by atoms with Crippen LogP contribution < -0.4 is 5.01 Å². The summed E-state index contributed by atoms with van der Waals surface area (Å²) < 4.78 is 5.42. The van der Waals surface area contributed by atoms with E-state index in [0.29, 0.717) is 5.90 Å². The maximum absolute atomic E-state index is 5.42. The minimum absolute atomic E-state index is 0.559. The van der Waals surface area contributed by atoms with Crippen molar-refractivity contribution in [2.75, 3.05) is 5.01 Å². The molecule has 1 aliphatic heterocycles. The smallest absolute Gasteiger partial charge is 0.244 e. The molecule has 0 bridgehead atoms. The second-order valence-corrected chi connectivity index (χ2v) is 3.72. The Morgan fingerprint density at radius 3 is 2.50 bits per heavy atom. The standard InChI is InChI=1S/C14H11N3O/c1-2-4-13(5-3-1)17-10-11-18-14(16-17)12-6-8-15-9-7-12/h1-11H. The van der Waals surface area contributed by atoms with Crippen LogP contribution in [0.25, 0.3) is 0 Å². The van der Waals surface area contributed by atoms with Crippen molar-refractivity contribution in [3.8, 4) is 0 Å². The van der Waals surface area contributed by atoms with E-state index < -0.39 is 0 Å². The second kappa shape index (κ2) is 4.71. The lowest BCUT2D eigenvalue weighted by molar-refractivity contribution is 0.458. The number of para-hydroxylation sites is 1. The van der Waals surface area contributed by atoms with Gasteiger partial charge < -0.3 is 4.74 Å². The minimum atomic E-state index is 0.559. The van der Waals surface area contributed by atoms with Gasteiger partial charge in [-0.3, -0.25) is 4.98 Å². The summed E-state index contributed by atoms with van der Waals surface area (Å²) in [4.78, 5) is 3.98. The fraction of sp³-hybridized carbons (Fsp3) is 0. The Morgan fingerprint density at radius 1 is 0.944 bits per heavy atom. The minimum Gasteiger partial charge on any atom is -0.443 e. The number of hydrogen-bond donors (Lipinski definition) is 0. The first kappa shape index (κ1) is 10.5. The van der Waals surface area contributed by atoms with Crippen molar-refractivity contribution in [2.45, 2.75) is 0 Å². The zero-order valence-corrected chi connectivity index (χ0v) is 9.60. The Balaban J connectivity index is 1.93. The molecule has 0 aliphatic carbocycles. The van der Waals surface area contributed by atoms with Crippen molar-refractivity contribution in [1.29, 1.82) is 0 Å². The zero-order valence-electron chi connectivity index (χ0n) is 9.60. The third-order valence-electron chi connectivity index (χ3n) is 2.53. The maximum Gasteiger partial charge on any atom is 0.244 e. The van der Waals surface area contributed by atoms with Gasteiger partial charge in [0, 0.05) is 18.0 Å². The van der Waals surface area contributed by atoms with E-state index in [0.717, 1.165) is 11.3 Å². The molecule has 1 aliphatic rings. The molecule has 4 nitrogen and oxygen atoms in total. The number of anilines is 1. The van der Waals surface area contributed by atoms with Gasteiger partial charge in [0.1, 0.15) is 6.26 Å². The molecule has 4 heteroatoms. The maximum atomic E-state index is 5.42. The molecule has 1 aromatic carbocycles. The van der Waals surface area contributed by atoms with Gasteiger partial charge in [-0.05, 0) is 24.3 Å². The third kappa shape index (κ3) is 2.08. The Morgan fingerprint density at radius 2 is 1.72 bits per heavy atom.